The predicted octanol–water partition coefficient (Wildman–Crippen LogP) is 4.58. The second kappa shape index (κ2) is 8.14. The van der Waals surface area contributed by atoms with Crippen molar-refractivity contribution in [1.82, 2.24) is 14.7 Å². The van der Waals surface area contributed by atoms with Crippen LogP contribution < -0.4 is 5.56 Å². The molecule has 0 N–H and O–H groups in total. The molecule has 5 rings (SSSR count). The first-order valence-corrected chi connectivity index (χ1v) is 11.4. The van der Waals surface area contributed by atoms with Crippen LogP contribution in [-0.2, 0) is 17.0 Å². The van der Waals surface area contributed by atoms with E-state index in [2.05, 4.69) is 5.16 Å². The SMILES string of the molecule is O=c1c2ccccc2nc(SCc2cc(-c3cccs3)on2)n1CC1CCCO1. The summed E-state index contributed by atoms with van der Waals surface area (Å²) in [7, 11) is 0. The minimum atomic E-state index is -0.0203. The summed E-state index contributed by atoms with van der Waals surface area (Å²) in [5.41, 5.74) is 1.51. The van der Waals surface area contributed by atoms with E-state index < -0.39 is 0 Å². The highest BCUT2D eigenvalue weighted by atomic mass is 32.2. The van der Waals surface area contributed by atoms with E-state index in [1.165, 1.54) is 11.8 Å². The fraction of sp³-hybridized carbons (Fsp3) is 0.286. The molecule has 4 heterocycles. The summed E-state index contributed by atoms with van der Waals surface area (Å²) in [4.78, 5) is 18.9. The Hall–Kier alpha value is -2.42. The molecule has 1 atom stereocenters. The highest BCUT2D eigenvalue weighted by molar-refractivity contribution is 7.98. The first kappa shape index (κ1) is 18.6. The van der Waals surface area contributed by atoms with Crippen molar-refractivity contribution in [2.75, 3.05) is 6.61 Å². The number of para-hydroxylation sites is 1. The summed E-state index contributed by atoms with van der Waals surface area (Å²) in [6.45, 7) is 1.28. The molecule has 0 aliphatic carbocycles. The lowest BCUT2D eigenvalue weighted by Gasteiger charge is -2.16. The third kappa shape index (κ3) is 3.88. The zero-order valence-electron chi connectivity index (χ0n) is 15.6. The molecule has 0 bridgehead atoms. The highest BCUT2D eigenvalue weighted by Gasteiger charge is 2.20. The van der Waals surface area contributed by atoms with Gasteiger partial charge in [0, 0.05) is 18.4 Å². The van der Waals surface area contributed by atoms with E-state index in [1.807, 2.05) is 47.8 Å². The van der Waals surface area contributed by atoms with Gasteiger partial charge in [0.15, 0.2) is 10.9 Å². The number of fused-ring (bicyclic) bond motifs is 1. The van der Waals surface area contributed by atoms with Gasteiger partial charge in [-0.15, -0.1) is 11.3 Å². The Labute approximate surface area is 175 Å². The molecular formula is C21H19N3O3S2. The van der Waals surface area contributed by atoms with Crippen molar-refractivity contribution in [3.05, 3.63) is 63.9 Å². The minimum absolute atomic E-state index is 0.0203. The van der Waals surface area contributed by atoms with E-state index in [0.717, 1.165) is 35.8 Å². The van der Waals surface area contributed by atoms with E-state index in [0.29, 0.717) is 28.4 Å². The van der Waals surface area contributed by atoms with Crippen LogP contribution in [0.3, 0.4) is 0 Å². The lowest BCUT2D eigenvalue weighted by molar-refractivity contribution is 0.0937. The van der Waals surface area contributed by atoms with Gasteiger partial charge in [-0.3, -0.25) is 9.36 Å². The quantitative estimate of drug-likeness (QED) is 0.333. The Morgan fingerprint density at radius 3 is 3.00 bits per heavy atom. The van der Waals surface area contributed by atoms with Crippen LogP contribution in [0.2, 0.25) is 0 Å². The van der Waals surface area contributed by atoms with Crippen LogP contribution >= 0.6 is 23.1 Å². The summed E-state index contributed by atoms with van der Waals surface area (Å²) in [5.74, 6) is 1.34. The van der Waals surface area contributed by atoms with Gasteiger partial charge in [-0.25, -0.2) is 4.98 Å². The highest BCUT2D eigenvalue weighted by Crippen LogP contribution is 2.28. The summed E-state index contributed by atoms with van der Waals surface area (Å²) < 4.78 is 13.0. The topological polar surface area (TPSA) is 70.2 Å². The standard InChI is InChI=1S/C21H19N3O3S2/c25-20-16-6-1-2-7-17(16)22-21(24(20)12-15-5-3-9-26-15)29-13-14-11-18(27-23-14)19-8-4-10-28-19/h1-2,4,6-8,10-11,15H,3,5,9,12-13H2. The van der Waals surface area contributed by atoms with Gasteiger partial charge in [0.05, 0.1) is 34.1 Å². The number of aromatic nitrogens is 3. The van der Waals surface area contributed by atoms with Crippen molar-refractivity contribution in [3.63, 3.8) is 0 Å². The maximum atomic E-state index is 13.1. The minimum Gasteiger partial charge on any atom is -0.376 e. The first-order valence-electron chi connectivity index (χ1n) is 9.51. The zero-order valence-corrected chi connectivity index (χ0v) is 17.2. The zero-order chi connectivity index (χ0) is 19.6. The van der Waals surface area contributed by atoms with Crippen LogP contribution in [0.4, 0.5) is 0 Å². The summed E-state index contributed by atoms with van der Waals surface area (Å²) >= 11 is 3.12. The maximum absolute atomic E-state index is 13.1. The van der Waals surface area contributed by atoms with Crippen molar-refractivity contribution >= 4 is 34.0 Å². The Morgan fingerprint density at radius 2 is 2.17 bits per heavy atom. The van der Waals surface area contributed by atoms with Gasteiger partial charge < -0.3 is 9.26 Å². The largest absolute Gasteiger partial charge is 0.376 e. The number of hydrogen-bond donors (Lipinski definition) is 0. The molecule has 3 aromatic heterocycles. The predicted molar refractivity (Wildman–Crippen MR) is 114 cm³/mol. The van der Waals surface area contributed by atoms with Gasteiger partial charge in [-0.2, -0.15) is 0 Å². The van der Waals surface area contributed by atoms with E-state index in [4.69, 9.17) is 14.2 Å². The van der Waals surface area contributed by atoms with Crippen LogP contribution in [-0.4, -0.2) is 27.4 Å². The Morgan fingerprint density at radius 1 is 1.24 bits per heavy atom. The third-order valence-electron chi connectivity index (χ3n) is 4.91. The number of nitrogens with zero attached hydrogens (tertiary/aromatic N) is 3. The third-order valence-corrected chi connectivity index (χ3v) is 6.80. The Bertz CT molecular complexity index is 1180. The van der Waals surface area contributed by atoms with Gasteiger partial charge >= 0.3 is 0 Å². The van der Waals surface area contributed by atoms with Crippen molar-refractivity contribution in [3.8, 4) is 10.6 Å². The smallest absolute Gasteiger partial charge is 0.262 e. The summed E-state index contributed by atoms with van der Waals surface area (Å²) in [5, 5.41) is 7.51. The van der Waals surface area contributed by atoms with Crippen LogP contribution in [0.1, 0.15) is 18.5 Å². The molecule has 0 spiro atoms. The van der Waals surface area contributed by atoms with Crippen LogP contribution in [0.5, 0.6) is 0 Å². The number of benzene rings is 1. The number of rotatable bonds is 6. The molecule has 1 aromatic carbocycles. The van der Waals surface area contributed by atoms with E-state index in [1.54, 1.807) is 15.9 Å². The van der Waals surface area contributed by atoms with Gasteiger partial charge in [-0.1, -0.05) is 35.1 Å². The number of thiophene rings is 1. The molecule has 0 radical (unpaired) electrons. The molecule has 1 aliphatic rings. The van der Waals surface area contributed by atoms with Crippen molar-refractivity contribution in [2.24, 2.45) is 0 Å². The molecule has 8 heteroatoms. The molecule has 1 fully saturated rings. The average molecular weight is 426 g/mol. The molecule has 0 amide bonds. The van der Waals surface area contributed by atoms with Crippen molar-refractivity contribution in [2.45, 2.75) is 36.4 Å². The van der Waals surface area contributed by atoms with Gasteiger partial charge in [-0.05, 0) is 36.4 Å². The van der Waals surface area contributed by atoms with Gasteiger partial charge in [0.1, 0.15) is 0 Å². The monoisotopic (exact) mass is 425 g/mol. The molecule has 4 aromatic rings. The lowest BCUT2D eigenvalue weighted by Crippen LogP contribution is -2.28. The number of ether oxygens (including phenoxy) is 1. The Balaban J connectivity index is 1.44. The molecular weight excluding hydrogens is 406 g/mol. The van der Waals surface area contributed by atoms with E-state index in [9.17, 15) is 4.79 Å². The lowest BCUT2D eigenvalue weighted by atomic mass is 10.2. The van der Waals surface area contributed by atoms with Crippen LogP contribution in [0, 0.1) is 0 Å². The molecule has 1 saturated heterocycles. The number of hydrogen-bond acceptors (Lipinski definition) is 7. The molecule has 6 nitrogen and oxygen atoms in total. The van der Waals surface area contributed by atoms with Crippen molar-refractivity contribution < 1.29 is 9.26 Å². The molecule has 1 unspecified atom stereocenters. The normalized spacial score (nSPS) is 16.6. The maximum Gasteiger partial charge on any atom is 0.262 e. The van der Waals surface area contributed by atoms with E-state index >= 15 is 0 Å². The summed E-state index contributed by atoms with van der Waals surface area (Å²) in [6.07, 6.45) is 2.07. The summed E-state index contributed by atoms with van der Waals surface area (Å²) in [6, 6.07) is 13.4. The molecule has 29 heavy (non-hydrogen) atoms. The second-order valence-electron chi connectivity index (χ2n) is 6.91. The fourth-order valence-electron chi connectivity index (χ4n) is 3.46. The van der Waals surface area contributed by atoms with Crippen molar-refractivity contribution in [1.29, 1.82) is 0 Å². The average Bonchev–Trinajstić information content (AvgIpc) is 3.51. The fourth-order valence-corrected chi connectivity index (χ4v) is 5.03. The van der Waals surface area contributed by atoms with Crippen LogP contribution in [0.25, 0.3) is 21.5 Å². The molecule has 0 saturated carbocycles. The second-order valence-corrected chi connectivity index (χ2v) is 8.80. The van der Waals surface area contributed by atoms with Gasteiger partial charge in [0.2, 0.25) is 0 Å². The molecule has 1 aliphatic heterocycles. The van der Waals surface area contributed by atoms with Crippen LogP contribution in [0.15, 0.2) is 62.3 Å². The Kier molecular flexibility index (Phi) is 5.22. The molecule has 148 valence electrons. The van der Waals surface area contributed by atoms with E-state index in [-0.39, 0.29) is 11.7 Å². The van der Waals surface area contributed by atoms with Gasteiger partial charge in [0.25, 0.3) is 5.56 Å². The number of thioether (sulfide) groups is 1. The first-order chi connectivity index (χ1) is 14.3.